The van der Waals surface area contributed by atoms with Crippen LogP contribution in [0.2, 0.25) is 0 Å². The summed E-state index contributed by atoms with van der Waals surface area (Å²) in [6, 6.07) is 7.72. The van der Waals surface area contributed by atoms with Crippen LogP contribution in [0.5, 0.6) is 0 Å². The predicted molar refractivity (Wildman–Crippen MR) is 60.5 cm³/mol. The van der Waals surface area contributed by atoms with Crippen molar-refractivity contribution in [3.63, 3.8) is 0 Å². The summed E-state index contributed by atoms with van der Waals surface area (Å²) in [6.07, 6.45) is 7.01. The Morgan fingerprint density at radius 2 is 2.07 bits per heavy atom. The fourth-order valence-electron chi connectivity index (χ4n) is 1.20. The van der Waals surface area contributed by atoms with Crippen LogP contribution in [0.25, 0.3) is 0 Å². The van der Waals surface area contributed by atoms with Crippen molar-refractivity contribution in [2.24, 2.45) is 4.99 Å². The van der Waals surface area contributed by atoms with E-state index in [1.54, 1.807) is 24.8 Å². The largest absolute Gasteiger partial charge is 0.264 e. The highest BCUT2D eigenvalue weighted by Gasteiger charge is 1.93. The Hall–Kier alpha value is -2.03. The maximum absolute atomic E-state index is 4.30. The molecular formula is C12H11N3. The summed E-state index contributed by atoms with van der Waals surface area (Å²) < 4.78 is 0. The molecule has 0 atom stereocenters. The first-order valence-corrected chi connectivity index (χ1v) is 4.72. The summed E-state index contributed by atoms with van der Waals surface area (Å²) in [5.41, 5.74) is 2.04. The number of pyridine rings is 2. The molecule has 0 amide bonds. The summed E-state index contributed by atoms with van der Waals surface area (Å²) >= 11 is 0. The summed E-state index contributed by atoms with van der Waals surface area (Å²) in [5, 5.41) is 0. The Labute approximate surface area is 88.6 Å². The van der Waals surface area contributed by atoms with E-state index in [4.69, 9.17) is 0 Å². The van der Waals surface area contributed by atoms with Crippen LogP contribution in [0, 0.1) is 6.92 Å². The molecule has 0 unspecified atom stereocenters. The molecule has 2 aromatic heterocycles. The zero-order chi connectivity index (χ0) is 10.5. The Kier molecular flexibility index (Phi) is 2.83. The molecule has 0 aliphatic rings. The highest BCUT2D eigenvalue weighted by molar-refractivity contribution is 5.81. The fraction of sp³-hybridized carbons (Fsp3) is 0.0833. The van der Waals surface area contributed by atoms with E-state index in [0.29, 0.717) is 0 Å². The number of aromatic nitrogens is 2. The highest BCUT2D eigenvalue weighted by Crippen LogP contribution is 2.12. The molecule has 15 heavy (non-hydrogen) atoms. The Morgan fingerprint density at radius 3 is 2.80 bits per heavy atom. The molecule has 0 fully saturated rings. The van der Waals surface area contributed by atoms with Crippen LogP contribution in [0.4, 0.5) is 5.82 Å². The fourth-order valence-corrected chi connectivity index (χ4v) is 1.20. The summed E-state index contributed by atoms with van der Waals surface area (Å²) in [4.78, 5) is 12.5. The minimum absolute atomic E-state index is 0.751. The first kappa shape index (κ1) is 9.52. The molecule has 0 spiro atoms. The molecule has 0 radical (unpaired) electrons. The Morgan fingerprint density at radius 1 is 1.20 bits per heavy atom. The van der Waals surface area contributed by atoms with E-state index in [-0.39, 0.29) is 0 Å². The van der Waals surface area contributed by atoms with Crippen molar-refractivity contribution in [3.05, 3.63) is 54.0 Å². The van der Waals surface area contributed by atoms with Gasteiger partial charge in [0.05, 0.1) is 0 Å². The number of hydrogen-bond acceptors (Lipinski definition) is 3. The van der Waals surface area contributed by atoms with Gasteiger partial charge in [-0.3, -0.25) is 4.98 Å². The monoisotopic (exact) mass is 197 g/mol. The molecule has 0 saturated carbocycles. The van der Waals surface area contributed by atoms with E-state index in [1.807, 2.05) is 31.2 Å². The van der Waals surface area contributed by atoms with Crippen molar-refractivity contribution in [2.45, 2.75) is 6.92 Å². The molecule has 0 N–H and O–H groups in total. The molecule has 0 saturated heterocycles. The molecule has 0 aliphatic carbocycles. The SMILES string of the molecule is Cc1cccnc1/N=C/c1cccnc1. The minimum atomic E-state index is 0.751. The predicted octanol–water partition coefficient (Wildman–Crippen LogP) is 2.54. The second-order valence-electron chi connectivity index (χ2n) is 3.19. The first-order valence-electron chi connectivity index (χ1n) is 4.72. The average Bonchev–Trinajstić information content (AvgIpc) is 2.29. The second kappa shape index (κ2) is 4.46. The minimum Gasteiger partial charge on any atom is -0.264 e. The van der Waals surface area contributed by atoms with Gasteiger partial charge in [-0.25, -0.2) is 9.98 Å². The third kappa shape index (κ3) is 2.47. The van der Waals surface area contributed by atoms with E-state index in [2.05, 4.69) is 15.0 Å². The maximum atomic E-state index is 4.30. The summed E-state index contributed by atoms with van der Waals surface area (Å²) in [7, 11) is 0. The summed E-state index contributed by atoms with van der Waals surface area (Å²) in [5.74, 6) is 0.751. The van der Waals surface area contributed by atoms with Crippen molar-refractivity contribution in [1.82, 2.24) is 9.97 Å². The van der Waals surface area contributed by atoms with Crippen LogP contribution < -0.4 is 0 Å². The van der Waals surface area contributed by atoms with Gasteiger partial charge in [-0.05, 0) is 24.6 Å². The lowest BCUT2D eigenvalue weighted by Crippen LogP contribution is -1.83. The van der Waals surface area contributed by atoms with Gasteiger partial charge in [0, 0.05) is 30.4 Å². The van der Waals surface area contributed by atoms with Gasteiger partial charge in [0.1, 0.15) is 0 Å². The number of aryl methyl sites for hydroxylation is 1. The molecule has 74 valence electrons. The topological polar surface area (TPSA) is 38.1 Å². The third-order valence-electron chi connectivity index (χ3n) is 2.00. The summed E-state index contributed by atoms with van der Waals surface area (Å²) in [6.45, 7) is 1.99. The number of nitrogens with zero attached hydrogens (tertiary/aromatic N) is 3. The molecule has 2 heterocycles. The van der Waals surface area contributed by atoms with Gasteiger partial charge < -0.3 is 0 Å². The van der Waals surface area contributed by atoms with Gasteiger partial charge in [0.2, 0.25) is 0 Å². The lowest BCUT2D eigenvalue weighted by molar-refractivity contribution is 1.23. The Bertz CT molecular complexity index is 463. The third-order valence-corrected chi connectivity index (χ3v) is 2.00. The van der Waals surface area contributed by atoms with Crippen LogP contribution >= 0.6 is 0 Å². The number of hydrogen-bond donors (Lipinski definition) is 0. The molecule has 3 nitrogen and oxygen atoms in total. The van der Waals surface area contributed by atoms with Gasteiger partial charge in [-0.15, -0.1) is 0 Å². The van der Waals surface area contributed by atoms with Crippen molar-refractivity contribution >= 4 is 12.0 Å². The average molecular weight is 197 g/mol. The molecule has 2 rings (SSSR count). The smallest absolute Gasteiger partial charge is 0.154 e. The van der Waals surface area contributed by atoms with E-state index in [0.717, 1.165) is 16.9 Å². The lowest BCUT2D eigenvalue weighted by atomic mass is 10.3. The van der Waals surface area contributed by atoms with Gasteiger partial charge in [0.15, 0.2) is 5.82 Å². The maximum Gasteiger partial charge on any atom is 0.154 e. The number of rotatable bonds is 2. The zero-order valence-corrected chi connectivity index (χ0v) is 8.46. The van der Waals surface area contributed by atoms with Crippen molar-refractivity contribution < 1.29 is 0 Å². The van der Waals surface area contributed by atoms with E-state index >= 15 is 0 Å². The normalized spacial score (nSPS) is 10.7. The van der Waals surface area contributed by atoms with Crippen LogP contribution in [0.1, 0.15) is 11.1 Å². The molecule has 2 aromatic rings. The highest BCUT2D eigenvalue weighted by atomic mass is 14.9. The van der Waals surface area contributed by atoms with E-state index in [9.17, 15) is 0 Å². The molecule has 0 aliphatic heterocycles. The van der Waals surface area contributed by atoms with E-state index in [1.165, 1.54) is 0 Å². The quantitative estimate of drug-likeness (QED) is 0.694. The zero-order valence-electron chi connectivity index (χ0n) is 8.46. The van der Waals surface area contributed by atoms with Crippen LogP contribution in [-0.2, 0) is 0 Å². The first-order chi connectivity index (χ1) is 7.36. The van der Waals surface area contributed by atoms with Crippen LogP contribution in [0.15, 0.2) is 47.8 Å². The van der Waals surface area contributed by atoms with Gasteiger partial charge in [-0.1, -0.05) is 12.1 Å². The van der Waals surface area contributed by atoms with Crippen LogP contribution in [0.3, 0.4) is 0 Å². The lowest BCUT2D eigenvalue weighted by Gasteiger charge is -1.96. The van der Waals surface area contributed by atoms with Crippen molar-refractivity contribution in [2.75, 3.05) is 0 Å². The molecule has 0 bridgehead atoms. The van der Waals surface area contributed by atoms with Gasteiger partial charge >= 0.3 is 0 Å². The van der Waals surface area contributed by atoms with Gasteiger partial charge in [-0.2, -0.15) is 0 Å². The van der Waals surface area contributed by atoms with Crippen molar-refractivity contribution in [1.29, 1.82) is 0 Å². The molecular weight excluding hydrogens is 186 g/mol. The van der Waals surface area contributed by atoms with Crippen molar-refractivity contribution in [3.8, 4) is 0 Å². The molecule has 0 aromatic carbocycles. The van der Waals surface area contributed by atoms with Gasteiger partial charge in [0.25, 0.3) is 0 Å². The standard InChI is InChI=1S/C12H11N3/c1-10-4-2-7-14-12(10)15-9-11-5-3-6-13-8-11/h2-9H,1H3/b15-9+. The van der Waals surface area contributed by atoms with E-state index < -0.39 is 0 Å². The second-order valence-corrected chi connectivity index (χ2v) is 3.19. The Balaban J connectivity index is 2.23. The molecule has 3 heteroatoms. The number of aliphatic imine (C=N–C) groups is 1. The van der Waals surface area contributed by atoms with Crippen LogP contribution in [-0.4, -0.2) is 16.2 Å².